The zero-order valence-electron chi connectivity index (χ0n) is 16.2. The Bertz CT molecular complexity index is 916. The van der Waals surface area contributed by atoms with Crippen LogP contribution in [-0.4, -0.2) is 40.3 Å². The predicted molar refractivity (Wildman–Crippen MR) is 113 cm³/mol. The van der Waals surface area contributed by atoms with Crippen molar-refractivity contribution in [1.82, 2.24) is 5.32 Å². The summed E-state index contributed by atoms with van der Waals surface area (Å²) in [5, 5.41) is 3.08. The van der Waals surface area contributed by atoms with Crippen molar-refractivity contribution in [2.75, 3.05) is 30.3 Å². The Morgan fingerprint density at radius 2 is 1.89 bits per heavy atom. The summed E-state index contributed by atoms with van der Waals surface area (Å²) in [6.45, 7) is 4.38. The minimum Gasteiger partial charge on any atom is -0.491 e. The molecule has 2 aromatic carbocycles. The van der Waals surface area contributed by atoms with Crippen LogP contribution in [0, 0.1) is 0 Å². The molecule has 0 aromatic heterocycles. The molecule has 0 saturated heterocycles. The van der Waals surface area contributed by atoms with Gasteiger partial charge in [0.15, 0.2) is 0 Å². The van der Waals surface area contributed by atoms with E-state index in [0.29, 0.717) is 16.6 Å². The van der Waals surface area contributed by atoms with E-state index in [9.17, 15) is 13.2 Å². The number of para-hydroxylation sites is 1. The average Bonchev–Trinajstić information content (AvgIpc) is 2.62. The zero-order valence-corrected chi connectivity index (χ0v) is 17.8. The molecule has 0 spiro atoms. The third kappa shape index (κ3) is 6.42. The number of carbonyl (C=O) groups excluding carboxylic acids is 1. The van der Waals surface area contributed by atoms with Crippen LogP contribution in [0.4, 0.5) is 5.69 Å². The Labute approximate surface area is 171 Å². The minimum absolute atomic E-state index is 0.262. The van der Waals surface area contributed by atoms with Crippen LogP contribution in [0.1, 0.15) is 25.3 Å². The average molecular weight is 425 g/mol. The number of benzene rings is 2. The number of hydrogen-bond donors (Lipinski definition) is 1. The van der Waals surface area contributed by atoms with Crippen molar-refractivity contribution in [1.29, 1.82) is 0 Å². The Balaban J connectivity index is 1.92. The summed E-state index contributed by atoms with van der Waals surface area (Å²) in [7, 11) is -3.64. The molecular weight excluding hydrogens is 400 g/mol. The van der Waals surface area contributed by atoms with Crippen molar-refractivity contribution >= 4 is 33.2 Å². The number of ether oxygens (including phenoxy) is 1. The van der Waals surface area contributed by atoms with E-state index < -0.39 is 15.9 Å². The molecule has 152 valence electrons. The van der Waals surface area contributed by atoms with Crippen LogP contribution in [0.2, 0.25) is 5.02 Å². The summed E-state index contributed by atoms with van der Waals surface area (Å²) in [4.78, 5) is 12.2. The fourth-order valence-electron chi connectivity index (χ4n) is 2.66. The first kappa shape index (κ1) is 22.0. The summed E-state index contributed by atoms with van der Waals surface area (Å²) in [6.07, 6.45) is 1.05. The fourth-order valence-corrected chi connectivity index (χ4v) is 3.69. The van der Waals surface area contributed by atoms with Gasteiger partial charge in [0.2, 0.25) is 15.9 Å². The van der Waals surface area contributed by atoms with Crippen molar-refractivity contribution < 1.29 is 17.9 Å². The second-order valence-electron chi connectivity index (χ2n) is 6.64. The van der Waals surface area contributed by atoms with Gasteiger partial charge in [-0.05, 0) is 35.7 Å². The molecule has 0 radical (unpaired) electrons. The first-order chi connectivity index (χ1) is 13.2. The monoisotopic (exact) mass is 424 g/mol. The summed E-state index contributed by atoms with van der Waals surface area (Å²) in [5.41, 5.74) is 1.44. The van der Waals surface area contributed by atoms with E-state index in [0.717, 1.165) is 21.9 Å². The van der Waals surface area contributed by atoms with Gasteiger partial charge in [-0.15, -0.1) is 0 Å². The minimum atomic E-state index is -3.64. The van der Waals surface area contributed by atoms with Gasteiger partial charge in [0, 0.05) is 5.02 Å². The van der Waals surface area contributed by atoms with Crippen molar-refractivity contribution in [2.45, 2.75) is 19.8 Å². The third-order valence-electron chi connectivity index (χ3n) is 4.01. The van der Waals surface area contributed by atoms with E-state index in [4.69, 9.17) is 16.3 Å². The van der Waals surface area contributed by atoms with E-state index in [2.05, 4.69) is 19.2 Å². The van der Waals surface area contributed by atoms with Gasteiger partial charge in [0.25, 0.3) is 0 Å². The van der Waals surface area contributed by atoms with E-state index in [1.165, 1.54) is 6.07 Å². The maximum Gasteiger partial charge on any atom is 0.240 e. The van der Waals surface area contributed by atoms with Crippen LogP contribution >= 0.6 is 11.6 Å². The summed E-state index contributed by atoms with van der Waals surface area (Å²) >= 11 is 5.93. The van der Waals surface area contributed by atoms with Gasteiger partial charge < -0.3 is 10.1 Å². The number of carbonyl (C=O) groups is 1. The highest BCUT2D eigenvalue weighted by Gasteiger charge is 2.21. The lowest BCUT2D eigenvalue weighted by atomic mass is 10.0. The van der Waals surface area contributed by atoms with E-state index in [-0.39, 0.29) is 19.7 Å². The highest BCUT2D eigenvalue weighted by molar-refractivity contribution is 7.92. The highest BCUT2D eigenvalue weighted by Crippen LogP contribution is 2.25. The number of nitrogens with one attached hydrogen (secondary N) is 1. The van der Waals surface area contributed by atoms with Crippen molar-refractivity contribution in [3.63, 3.8) is 0 Å². The Morgan fingerprint density at radius 3 is 2.54 bits per heavy atom. The number of anilines is 1. The van der Waals surface area contributed by atoms with Crippen molar-refractivity contribution in [3.8, 4) is 5.75 Å². The number of hydrogen-bond acceptors (Lipinski definition) is 4. The SMILES string of the molecule is CC(C)c1ccccc1OCCNC(=O)CN(c1cccc(Cl)c1)S(C)(=O)=O. The van der Waals surface area contributed by atoms with Crippen LogP contribution in [0.5, 0.6) is 5.75 Å². The molecule has 8 heteroatoms. The molecule has 2 aromatic rings. The van der Waals surface area contributed by atoms with Crippen LogP contribution in [0.25, 0.3) is 0 Å². The zero-order chi connectivity index (χ0) is 20.7. The highest BCUT2D eigenvalue weighted by atomic mass is 35.5. The second-order valence-corrected chi connectivity index (χ2v) is 8.98. The topological polar surface area (TPSA) is 75.7 Å². The number of amides is 1. The van der Waals surface area contributed by atoms with Crippen molar-refractivity contribution in [3.05, 3.63) is 59.1 Å². The maximum atomic E-state index is 12.2. The first-order valence-corrected chi connectivity index (χ1v) is 11.1. The molecule has 28 heavy (non-hydrogen) atoms. The molecular formula is C20H25ClN2O4S. The van der Waals surface area contributed by atoms with Crippen LogP contribution in [0.3, 0.4) is 0 Å². The number of rotatable bonds is 9. The number of sulfonamides is 1. The Hall–Kier alpha value is -2.25. The van der Waals surface area contributed by atoms with Gasteiger partial charge in [0.05, 0.1) is 18.5 Å². The van der Waals surface area contributed by atoms with Gasteiger partial charge in [-0.3, -0.25) is 9.10 Å². The lowest BCUT2D eigenvalue weighted by Gasteiger charge is -2.22. The molecule has 0 aliphatic heterocycles. The van der Waals surface area contributed by atoms with E-state index in [1.54, 1.807) is 18.2 Å². The molecule has 1 N–H and O–H groups in total. The number of nitrogens with zero attached hydrogens (tertiary/aromatic N) is 1. The predicted octanol–water partition coefficient (Wildman–Crippen LogP) is 3.42. The van der Waals surface area contributed by atoms with Gasteiger partial charge in [0.1, 0.15) is 18.9 Å². The van der Waals surface area contributed by atoms with Gasteiger partial charge in [-0.1, -0.05) is 49.7 Å². The molecule has 0 saturated carbocycles. The fraction of sp³-hybridized carbons (Fsp3) is 0.350. The molecule has 0 aliphatic rings. The van der Waals surface area contributed by atoms with Crippen LogP contribution in [0.15, 0.2) is 48.5 Å². The Kier molecular flexibility index (Phi) is 7.71. The molecule has 0 heterocycles. The summed E-state index contributed by atoms with van der Waals surface area (Å²) < 4.78 is 30.9. The number of halogens is 1. The molecule has 1 amide bonds. The molecule has 0 unspecified atom stereocenters. The summed E-state index contributed by atoms with van der Waals surface area (Å²) in [5.74, 6) is 0.682. The largest absolute Gasteiger partial charge is 0.491 e. The van der Waals surface area contributed by atoms with Gasteiger partial charge in [-0.25, -0.2) is 8.42 Å². The van der Waals surface area contributed by atoms with Gasteiger partial charge in [-0.2, -0.15) is 0 Å². The third-order valence-corrected chi connectivity index (χ3v) is 5.38. The van der Waals surface area contributed by atoms with Gasteiger partial charge >= 0.3 is 0 Å². The van der Waals surface area contributed by atoms with E-state index in [1.807, 2.05) is 24.3 Å². The first-order valence-electron chi connectivity index (χ1n) is 8.90. The quantitative estimate of drug-likeness (QED) is 0.626. The molecule has 0 atom stereocenters. The smallest absolute Gasteiger partial charge is 0.240 e. The van der Waals surface area contributed by atoms with Crippen LogP contribution in [-0.2, 0) is 14.8 Å². The molecule has 0 aliphatic carbocycles. The normalized spacial score (nSPS) is 11.3. The van der Waals surface area contributed by atoms with Crippen molar-refractivity contribution in [2.24, 2.45) is 0 Å². The lowest BCUT2D eigenvalue weighted by Crippen LogP contribution is -2.41. The lowest BCUT2D eigenvalue weighted by molar-refractivity contribution is -0.119. The molecule has 0 bridgehead atoms. The molecule has 6 nitrogen and oxygen atoms in total. The van der Waals surface area contributed by atoms with E-state index >= 15 is 0 Å². The summed E-state index contributed by atoms with van der Waals surface area (Å²) in [6, 6.07) is 14.1. The van der Waals surface area contributed by atoms with Crippen LogP contribution < -0.4 is 14.4 Å². The molecule has 2 rings (SSSR count). The second kappa shape index (κ2) is 9.80. The Morgan fingerprint density at radius 1 is 1.18 bits per heavy atom. The maximum absolute atomic E-state index is 12.2. The standard InChI is InChI=1S/C20H25ClN2O4S/c1-15(2)18-9-4-5-10-19(18)27-12-11-22-20(24)14-23(28(3,25)26)17-8-6-7-16(21)13-17/h4-10,13,15H,11-12,14H2,1-3H3,(H,22,24). The molecule has 0 fully saturated rings.